The molecule has 2 aromatic heterocycles. The van der Waals surface area contributed by atoms with E-state index in [-0.39, 0.29) is 17.8 Å². The van der Waals surface area contributed by atoms with Crippen LogP contribution in [0.25, 0.3) is 22.2 Å². The maximum absolute atomic E-state index is 12.6. The number of nitrogens with zero attached hydrogens (tertiary/aromatic N) is 3. The molecule has 1 aliphatic rings. The molecule has 3 heterocycles. The second-order valence-corrected chi connectivity index (χ2v) is 8.54. The van der Waals surface area contributed by atoms with Crippen LogP contribution in [0.5, 0.6) is 6.01 Å². The van der Waals surface area contributed by atoms with Gasteiger partial charge in [-0.3, -0.25) is 9.59 Å². The maximum atomic E-state index is 12.6. The van der Waals surface area contributed by atoms with Gasteiger partial charge in [0.15, 0.2) is 6.10 Å². The lowest BCUT2D eigenvalue weighted by molar-refractivity contribution is -0.130. The second kappa shape index (κ2) is 10.3. The predicted molar refractivity (Wildman–Crippen MR) is 133 cm³/mol. The monoisotopic (exact) mass is 480 g/mol. The van der Waals surface area contributed by atoms with Crippen LogP contribution in [0.1, 0.15) is 34.3 Å². The van der Waals surface area contributed by atoms with Crippen molar-refractivity contribution in [3.8, 4) is 23.3 Å². The van der Waals surface area contributed by atoms with Gasteiger partial charge in [0.2, 0.25) is 0 Å². The van der Waals surface area contributed by atoms with E-state index in [2.05, 4.69) is 31.7 Å². The van der Waals surface area contributed by atoms with E-state index in [0.717, 1.165) is 28.5 Å². The number of piperidine rings is 1. The second-order valence-electron chi connectivity index (χ2n) is 8.54. The Morgan fingerprint density at radius 2 is 2.06 bits per heavy atom. The highest BCUT2D eigenvalue weighted by Crippen LogP contribution is 2.21. The Morgan fingerprint density at radius 3 is 2.86 bits per heavy atom. The number of aromatic nitrogens is 3. The average Bonchev–Trinajstić information content (AvgIpc) is 3.33. The molecular weight excluding hydrogens is 456 g/mol. The van der Waals surface area contributed by atoms with Gasteiger partial charge < -0.3 is 20.4 Å². The number of rotatable bonds is 7. The first-order valence-corrected chi connectivity index (χ1v) is 11.8. The lowest BCUT2D eigenvalue weighted by Crippen LogP contribution is -2.43. The number of amides is 2. The fourth-order valence-corrected chi connectivity index (χ4v) is 4.17. The van der Waals surface area contributed by atoms with Crippen molar-refractivity contribution in [2.24, 2.45) is 0 Å². The lowest BCUT2D eigenvalue weighted by atomic mass is 10.1. The van der Waals surface area contributed by atoms with Gasteiger partial charge in [-0.05, 0) is 55.2 Å². The molecule has 0 saturated carbocycles. The van der Waals surface area contributed by atoms with Crippen molar-refractivity contribution in [3.05, 3.63) is 77.6 Å². The highest BCUT2D eigenvalue weighted by Gasteiger charge is 2.24. The average molecular weight is 481 g/mol. The van der Waals surface area contributed by atoms with E-state index in [1.807, 2.05) is 30.3 Å². The third kappa shape index (κ3) is 5.03. The summed E-state index contributed by atoms with van der Waals surface area (Å²) in [6.45, 7) is 1.13. The SMILES string of the molecule is N#Cc1c[nH]c2ccc(CCNC(=O)c3ccc(-c4ccnc(OC5CCCNC5=O)n4)cc3)cc12. The normalized spacial score (nSPS) is 15.2. The molecule has 0 radical (unpaired) electrons. The highest BCUT2D eigenvalue weighted by molar-refractivity contribution is 5.94. The summed E-state index contributed by atoms with van der Waals surface area (Å²) in [6.07, 6.45) is 4.83. The molecule has 0 bridgehead atoms. The third-order valence-corrected chi connectivity index (χ3v) is 6.12. The van der Waals surface area contributed by atoms with E-state index in [4.69, 9.17) is 4.74 Å². The van der Waals surface area contributed by atoms with Crippen LogP contribution in [0.4, 0.5) is 0 Å². The zero-order chi connectivity index (χ0) is 24.9. The zero-order valence-corrected chi connectivity index (χ0v) is 19.5. The molecule has 2 amide bonds. The van der Waals surface area contributed by atoms with Crippen LogP contribution in [0, 0.1) is 11.3 Å². The van der Waals surface area contributed by atoms with Crippen molar-refractivity contribution in [2.45, 2.75) is 25.4 Å². The molecule has 3 N–H and O–H groups in total. The molecule has 36 heavy (non-hydrogen) atoms. The number of fused-ring (bicyclic) bond motifs is 1. The van der Waals surface area contributed by atoms with E-state index in [1.165, 1.54) is 0 Å². The van der Waals surface area contributed by atoms with Gasteiger partial charge in [0.25, 0.3) is 11.8 Å². The standard InChI is InChI=1S/C27H24N6O3/c28-15-20-16-32-23-8-3-17(14-21(20)23)9-12-30-25(34)19-6-4-18(5-7-19)22-10-13-31-27(33-22)36-24-2-1-11-29-26(24)35/h3-8,10,13-14,16,24,32H,1-2,9,11-12H2,(H,29,35)(H,30,34). The number of hydrogen-bond acceptors (Lipinski definition) is 6. The molecule has 9 nitrogen and oxygen atoms in total. The van der Waals surface area contributed by atoms with Crippen molar-refractivity contribution >= 4 is 22.7 Å². The van der Waals surface area contributed by atoms with E-state index in [9.17, 15) is 14.9 Å². The summed E-state index contributed by atoms with van der Waals surface area (Å²) in [7, 11) is 0. The zero-order valence-electron chi connectivity index (χ0n) is 19.5. The first-order valence-electron chi connectivity index (χ1n) is 11.8. The fourth-order valence-electron chi connectivity index (χ4n) is 4.17. The summed E-state index contributed by atoms with van der Waals surface area (Å²) in [4.78, 5) is 36.2. The summed E-state index contributed by atoms with van der Waals surface area (Å²) >= 11 is 0. The van der Waals surface area contributed by atoms with Crippen molar-refractivity contribution in [3.63, 3.8) is 0 Å². The van der Waals surface area contributed by atoms with E-state index in [0.29, 0.717) is 42.8 Å². The minimum atomic E-state index is -0.585. The maximum Gasteiger partial charge on any atom is 0.317 e. The van der Waals surface area contributed by atoms with Gasteiger partial charge in [-0.1, -0.05) is 18.2 Å². The molecule has 1 saturated heterocycles. The minimum absolute atomic E-state index is 0.149. The van der Waals surface area contributed by atoms with Gasteiger partial charge >= 0.3 is 6.01 Å². The van der Waals surface area contributed by atoms with E-state index in [1.54, 1.807) is 30.6 Å². The van der Waals surface area contributed by atoms with Crippen molar-refractivity contribution < 1.29 is 14.3 Å². The van der Waals surface area contributed by atoms with Crippen LogP contribution in [0.15, 0.2) is 60.9 Å². The van der Waals surface area contributed by atoms with Crippen molar-refractivity contribution in [2.75, 3.05) is 13.1 Å². The molecule has 180 valence electrons. The smallest absolute Gasteiger partial charge is 0.317 e. The summed E-state index contributed by atoms with van der Waals surface area (Å²) < 4.78 is 5.69. The molecule has 5 rings (SSSR count). The van der Waals surface area contributed by atoms with Crippen molar-refractivity contribution in [1.82, 2.24) is 25.6 Å². The van der Waals surface area contributed by atoms with Crippen LogP contribution in [-0.2, 0) is 11.2 Å². The summed E-state index contributed by atoms with van der Waals surface area (Å²) in [6, 6.07) is 17.1. The Bertz CT molecular complexity index is 1450. The number of nitrogens with one attached hydrogen (secondary N) is 3. The van der Waals surface area contributed by atoms with Crippen LogP contribution in [0.3, 0.4) is 0 Å². The van der Waals surface area contributed by atoms with Gasteiger partial charge in [-0.15, -0.1) is 0 Å². The predicted octanol–water partition coefficient (Wildman–Crippen LogP) is 3.13. The van der Waals surface area contributed by atoms with Gasteiger partial charge in [0.05, 0.1) is 11.3 Å². The van der Waals surface area contributed by atoms with Gasteiger partial charge in [0, 0.05) is 47.5 Å². The molecule has 1 unspecified atom stereocenters. The Labute approximate surface area is 207 Å². The number of hydrogen-bond donors (Lipinski definition) is 3. The Morgan fingerprint density at radius 1 is 1.19 bits per heavy atom. The molecule has 1 atom stereocenters. The van der Waals surface area contributed by atoms with Crippen LogP contribution >= 0.6 is 0 Å². The summed E-state index contributed by atoms with van der Waals surface area (Å²) in [5, 5.41) is 15.8. The molecule has 1 aliphatic heterocycles. The van der Waals surface area contributed by atoms with E-state index >= 15 is 0 Å². The molecule has 9 heteroatoms. The third-order valence-electron chi connectivity index (χ3n) is 6.12. The number of carbonyl (C=O) groups is 2. The Balaban J connectivity index is 1.18. The lowest BCUT2D eigenvalue weighted by Gasteiger charge is -2.21. The Kier molecular flexibility index (Phi) is 6.58. The number of H-pyrrole nitrogens is 1. The van der Waals surface area contributed by atoms with Crippen molar-refractivity contribution in [1.29, 1.82) is 5.26 Å². The van der Waals surface area contributed by atoms with Gasteiger partial charge in [-0.2, -0.15) is 10.2 Å². The largest absolute Gasteiger partial charge is 0.450 e. The number of aromatic amines is 1. The van der Waals surface area contributed by atoms with E-state index < -0.39 is 6.10 Å². The van der Waals surface area contributed by atoms with Gasteiger partial charge in [0.1, 0.15) is 6.07 Å². The fraction of sp³-hybridized carbons (Fsp3) is 0.222. The molecule has 1 fully saturated rings. The quantitative estimate of drug-likeness (QED) is 0.372. The molecule has 2 aromatic carbocycles. The first kappa shape index (κ1) is 23.1. The highest BCUT2D eigenvalue weighted by atomic mass is 16.5. The van der Waals surface area contributed by atoms with Crippen LogP contribution < -0.4 is 15.4 Å². The molecule has 4 aromatic rings. The number of nitriles is 1. The topological polar surface area (TPSA) is 133 Å². The molecule has 0 spiro atoms. The number of carbonyl (C=O) groups excluding carboxylic acids is 2. The van der Waals surface area contributed by atoms with Crippen LogP contribution in [0.2, 0.25) is 0 Å². The minimum Gasteiger partial charge on any atom is -0.450 e. The summed E-state index contributed by atoms with van der Waals surface area (Å²) in [5.74, 6) is -0.320. The van der Waals surface area contributed by atoms with Crippen LogP contribution in [-0.4, -0.2) is 46.0 Å². The first-order chi connectivity index (χ1) is 17.6. The Hall–Kier alpha value is -4.71. The molecule has 0 aliphatic carbocycles. The number of benzene rings is 2. The number of ether oxygens (including phenoxy) is 1. The summed E-state index contributed by atoms with van der Waals surface area (Å²) in [5.41, 5.74) is 4.55. The molecular formula is C27H24N6O3. The van der Waals surface area contributed by atoms with Gasteiger partial charge in [-0.25, -0.2) is 4.98 Å².